The molecule has 32 heavy (non-hydrogen) atoms. The summed E-state index contributed by atoms with van der Waals surface area (Å²) in [5.41, 5.74) is 1.03. The van der Waals surface area contributed by atoms with Crippen LogP contribution in [-0.4, -0.2) is 31.1 Å². The molecule has 3 heterocycles. The Hall–Kier alpha value is -2.91. The highest BCUT2D eigenvalue weighted by Gasteiger charge is 2.43. The van der Waals surface area contributed by atoms with Crippen molar-refractivity contribution in [2.24, 2.45) is 11.8 Å². The number of aryl methyl sites for hydroxylation is 2. The van der Waals surface area contributed by atoms with Gasteiger partial charge in [-0.2, -0.15) is 0 Å². The first-order valence-corrected chi connectivity index (χ1v) is 11.3. The molecule has 0 bridgehead atoms. The van der Waals surface area contributed by atoms with Crippen LogP contribution in [0.4, 0.5) is 16.0 Å². The van der Waals surface area contributed by atoms with Gasteiger partial charge in [0.2, 0.25) is 0 Å². The number of aliphatic carboxylic acids is 1. The molecule has 3 aromatic rings. The van der Waals surface area contributed by atoms with E-state index in [4.69, 9.17) is 0 Å². The zero-order chi connectivity index (χ0) is 23.0. The number of anilines is 2. The molecule has 0 saturated heterocycles. The summed E-state index contributed by atoms with van der Waals surface area (Å²) in [5, 5.41) is 24.3. The SMILES string of the molecule is Cc1cc(Nc2cc(C)c(F)cn2)nc(-c2cnc([C@]3(O)CCC(C(=O)O)C(C)C3)s2)c1. The summed E-state index contributed by atoms with van der Waals surface area (Å²) in [7, 11) is 0. The van der Waals surface area contributed by atoms with Crippen molar-refractivity contribution in [3.8, 4) is 10.6 Å². The largest absolute Gasteiger partial charge is 0.481 e. The van der Waals surface area contributed by atoms with Crippen LogP contribution in [0.3, 0.4) is 0 Å². The molecule has 168 valence electrons. The van der Waals surface area contributed by atoms with Crippen LogP contribution < -0.4 is 5.32 Å². The number of aliphatic hydroxyl groups is 1. The lowest BCUT2D eigenvalue weighted by molar-refractivity contribution is -0.148. The van der Waals surface area contributed by atoms with Crippen LogP contribution in [0.5, 0.6) is 0 Å². The Morgan fingerprint density at radius 3 is 2.69 bits per heavy atom. The van der Waals surface area contributed by atoms with Gasteiger partial charge in [-0.1, -0.05) is 6.92 Å². The quantitative estimate of drug-likeness (QED) is 0.506. The smallest absolute Gasteiger partial charge is 0.306 e. The summed E-state index contributed by atoms with van der Waals surface area (Å²) < 4.78 is 13.5. The van der Waals surface area contributed by atoms with E-state index in [2.05, 4.69) is 20.3 Å². The Labute approximate surface area is 189 Å². The van der Waals surface area contributed by atoms with E-state index in [1.54, 1.807) is 19.2 Å². The normalized spacial score (nSPS) is 23.2. The number of thiazole rings is 1. The van der Waals surface area contributed by atoms with E-state index in [1.807, 2.05) is 26.0 Å². The number of hydrogen-bond donors (Lipinski definition) is 3. The average molecular weight is 457 g/mol. The third-order valence-corrected chi connectivity index (χ3v) is 7.17. The number of aromatic nitrogens is 3. The minimum Gasteiger partial charge on any atom is -0.481 e. The predicted octanol–water partition coefficient (Wildman–Crippen LogP) is 4.81. The van der Waals surface area contributed by atoms with E-state index < -0.39 is 17.5 Å². The van der Waals surface area contributed by atoms with Gasteiger partial charge >= 0.3 is 5.97 Å². The fourth-order valence-corrected chi connectivity index (χ4v) is 5.22. The first-order chi connectivity index (χ1) is 15.1. The van der Waals surface area contributed by atoms with Crippen molar-refractivity contribution < 1.29 is 19.4 Å². The zero-order valence-electron chi connectivity index (χ0n) is 18.1. The molecule has 0 aliphatic heterocycles. The van der Waals surface area contributed by atoms with Gasteiger partial charge in [-0.25, -0.2) is 19.3 Å². The highest BCUT2D eigenvalue weighted by atomic mass is 32.1. The number of nitrogens with zero attached hydrogens (tertiary/aromatic N) is 3. The number of halogens is 1. The van der Waals surface area contributed by atoms with E-state index in [1.165, 1.54) is 17.5 Å². The highest BCUT2D eigenvalue weighted by Crippen LogP contribution is 2.45. The zero-order valence-corrected chi connectivity index (χ0v) is 18.9. The minimum atomic E-state index is -1.13. The van der Waals surface area contributed by atoms with Crippen molar-refractivity contribution in [2.45, 2.75) is 45.6 Å². The lowest BCUT2D eigenvalue weighted by Gasteiger charge is -2.37. The number of carboxylic acids is 1. The molecular formula is C23H25FN4O3S. The minimum absolute atomic E-state index is 0.141. The summed E-state index contributed by atoms with van der Waals surface area (Å²) in [6, 6.07) is 5.42. The Morgan fingerprint density at radius 2 is 2.00 bits per heavy atom. The molecule has 7 nitrogen and oxygen atoms in total. The van der Waals surface area contributed by atoms with E-state index in [0.29, 0.717) is 47.2 Å². The van der Waals surface area contributed by atoms with Gasteiger partial charge in [0.05, 0.1) is 22.7 Å². The van der Waals surface area contributed by atoms with E-state index >= 15 is 0 Å². The number of carbonyl (C=O) groups is 1. The fourth-order valence-electron chi connectivity index (χ4n) is 4.22. The van der Waals surface area contributed by atoms with Crippen LogP contribution in [0.15, 0.2) is 30.6 Å². The van der Waals surface area contributed by atoms with Crippen molar-refractivity contribution in [3.05, 3.63) is 52.5 Å². The van der Waals surface area contributed by atoms with Gasteiger partial charge in [-0.15, -0.1) is 11.3 Å². The van der Waals surface area contributed by atoms with Crippen molar-refractivity contribution in [1.29, 1.82) is 0 Å². The number of nitrogens with one attached hydrogen (secondary N) is 1. The Morgan fingerprint density at radius 1 is 1.22 bits per heavy atom. The van der Waals surface area contributed by atoms with Gasteiger partial charge in [-0.3, -0.25) is 4.79 Å². The maximum Gasteiger partial charge on any atom is 0.306 e. The molecule has 1 aliphatic rings. The highest BCUT2D eigenvalue weighted by molar-refractivity contribution is 7.15. The Bertz CT molecular complexity index is 1170. The average Bonchev–Trinajstić information content (AvgIpc) is 3.21. The van der Waals surface area contributed by atoms with Gasteiger partial charge < -0.3 is 15.5 Å². The summed E-state index contributed by atoms with van der Waals surface area (Å²) >= 11 is 1.37. The molecule has 3 atom stereocenters. The van der Waals surface area contributed by atoms with Gasteiger partial charge in [0.25, 0.3) is 0 Å². The maximum absolute atomic E-state index is 13.5. The summed E-state index contributed by atoms with van der Waals surface area (Å²) in [6.45, 7) is 5.48. The molecule has 4 rings (SSSR count). The van der Waals surface area contributed by atoms with Crippen LogP contribution in [0.1, 0.15) is 42.3 Å². The number of pyridine rings is 2. The molecule has 2 unspecified atom stereocenters. The molecule has 0 aromatic carbocycles. The first kappa shape index (κ1) is 22.3. The molecule has 1 saturated carbocycles. The Balaban J connectivity index is 1.57. The van der Waals surface area contributed by atoms with Gasteiger partial charge in [0.1, 0.15) is 28.1 Å². The molecule has 0 radical (unpaired) electrons. The third-order valence-electron chi connectivity index (χ3n) is 5.96. The lowest BCUT2D eigenvalue weighted by atomic mass is 9.72. The van der Waals surface area contributed by atoms with Crippen LogP contribution in [-0.2, 0) is 10.4 Å². The summed E-state index contributed by atoms with van der Waals surface area (Å²) in [6.07, 6.45) is 4.01. The monoisotopic (exact) mass is 456 g/mol. The third kappa shape index (κ3) is 4.49. The molecule has 1 aliphatic carbocycles. The second kappa shape index (κ2) is 8.55. The summed E-state index contributed by atoms with van der Waals surface area (Å²) in [4.78, 5) is 25.4. The molecule has 3 aromatic heterocycles. The molecule has 1 fully saturated rings. The topological polar surface area (TPSA) is 108 Å². The van der Waals surface area contributed by atoms with Crippen molar-refractivity contribution >= 4 is 28.9 Å². The van der Waals surface area contributed by atoms with Crippen LogP contribution in [0.25, 0.3) is 10.6 Å². The second-order valence-corrected chi connectivity index (χ2v) is 9.62. The lowest BCUT2D eigenvalue weighted by Crippen LogP contribution is -2.38. The van der Waals surface area contributed by atoms with Crippen LogP contribution in [0, 0.1) is 31.5 Å². The fraction of sp³-hybridized carbons (Fsp3) is 0.391. The summed E-state index contributed by atoms with van der Waals surface area (Å²) in [5.74, 6) is -0.688. The van der Waals surface area contributed by atoms with Crippen molar-refractivity contribution in [1.82, 2.24) is 15.0 Å². The van der Waals surface area contributed by atoms with Crippen LogP contribution >= 0.6 is 11.3 Å². The molecule has 0 spiro atoms. The number of rotatable bonds is 5. The van der Waals surface area contributed by atoms with Crippen molar-refractivity contribution in [2.75, 3.05) is 5.32 Å². The number of hydrogen-bond acceptors (Lipinski definition) is 7. The Kier molecular flexibility index (Phi) is 5.96. The maximum atomic E-state index is 13.5. The standard InChI is InChI=1S/C23H25FN4O3S/c1-12-6-17(27-20(7-12)28-19-8-13(2)16(24)10-25-19)18-11-26-22(32-18)23(31)5-4-15(21(29)30)14(3)9-23/h6-8,10-11,14-15,31H,4-5,9H2,1-3H3,(H,29,30)(H,25,27,28)/t14?,15?,23-/m0/s1. The molecule has 9 heteroatoms. The predicted molar refractivity (Wildman–Crippen MR) is 120 cm³/mol. The first-order valence-electron chi connectivity index (χ1n) is 10.4. The number of carboxylic acid groups (broad SMARTS) is 1. The van der Waals surface area contributed by atoms with Crippen LogP contribution in [0.2, 0.25) is 0 Å². The molecular weight excluding hydrogens is 431 g/mol. The van der Waals surface area contributed by atoms with Gasteiger partial charge in [-0.05, 0) is 68.4 Å². The molecule has 3 N–H and O–H groups in total. The van der Waals surface area contributed by atoms with Crippen molar-refractivity contribution in [3.63, 3.8) is 0 Å². The van der Waals surface area contributed by atoms with Gasteiger partial charge in [0.15, 0.2) is 0 Å². The van der Waals surface area contributed by atoms with E-state index in [0.717, 1.165) is 10.4 Å². The van der Waals surface area contributed by atoms with E-state index in [9.17, 15) is 19.4 Å². The van der Waals surface area contributed by atoms with E-state index in [-0.39, 0.29) is 11.7 Å². The van der Waals surface area contributed by atoms with Gasteiger partial charge in [0, 0.05) is 6.20 Å². The molecule has 0 amide bonds. The second-order valence-electron chi connectivity index (χ2n) is 8.58.